The summed E-state index contributed by atoms with van der Waals surface area (Å²) in [4.78, 5) is 81.3. The van der Waals surface area contributed by atoms with Gasteiger partial charge in [0.1, 0.15) is 34.5 Å². The van der Waals surface area contributed by atoms with Crippen molar-refractivity contribution >= 4 is 68.7 Å². The highest BCUT2D eigenvalue weighted by Gasteiger charge is 2.34. The van der Waals surface area contributed by atoms with Gasteiger partial charge < -0.3 is 37.9 Å². The van der Waals surface area contributed by atoms with Crippen LogP contribution in [0.5, 0.6) is 34.5 Å². The Morgan fingerprint density at radius 2 is 0.963 bits per heavy atom. The highest BCUT2D eigenvalue weighted by Crippen LogP contribution is 2.36. The highest BCUT2D eigenvalue weighted by atomic mass is 32.1. The van der Waals surface area contributed by atoms with Crippen LogP contribution in [0, 0.1) is 29.6 Å². The number of carbonyl (C=O) groups is 6. The van der Waals surface area contributed by atoms with Gasteiger partial charge in [0.15, 0.2) is 0 Å². The second-order valence-corrected chi connectivity index (χ2v) is 21.9. The molecule has 1 aromatic heterocycles. The molecule has 0 bridgehead atoms. The van der Waals surface area contributed by atoms with E-state index < -0.39 is 35.7 Å². The number of ether oxygens (including phenoxy) is 8. The van der Waals surface area contributed by atoms with Crippen molar-refractivity contribution in [3.63, 3.8) is 0 Å². The summed E-state index contributed by atoms with van der Waals surface area (Å²) in [5.41, 5.74) is 1.26. The largest absolute Gasteiger partial charge is 0.494 e. The number of para-hydroxylation sites is 1. The van der Waals surface area contributed by atoms with Crippen LogP contribution in [0.2, 0.25) is 0 Å². The quantitative estimate of drug-likeness (QED) is 0.0101. The van der Waals surface area contributed by atoms with Crippen LogP contribution >= 0.6 is 11.3 Å². The molecule has 7 rings (SSSR count). The van der Waals surface area contributed by atoms with E-state index in [1.54, 1.807) is 72.9 Å². The third kappa shape index (κ3) is 20.0. The van der Waals surface area contributed by atoms with Crippen LogP contribution in [-0.4, -0.2) is 80.0 Å². The van der Waals surface area contributed by atoms with Crippen molar-refractivity contribution in [3.8, 4) is 34.5 Å². The lowest BCUT2D eigenvalue weighted by Crippen LogP contribution is -2.30. The SMILES string of the molecule is C=CC(=O)OCCCCCCOc1ccc(OC(=O)C2CCC(C(=O)Oc3ccc(OC(=O)C4CCC(C(=O)Oc5ccc(OCCCCCCOC(=O)C=C)cc5)CC4)c(C=NN(CC(C)C)c4nc5ccccc5s4)c3)CC2)cc1. The fourth-order valence-electron chi connectivity index (χ4n) is 9.49. The third-order valence-corrected chi connectivity index (χ3v) is 15.1. The van der Waals surface area contributed by atoms with Gasteiger partial charge in [-0.3, -0.25) is 19.2 Å². The van der Waals surface area contributed by atoms with Gasteiger partial charge in [0.25, 0.3) is 0 Å². The van der Waals surface area contributed by atoms with Crippen molar-refractivity contribution in [2.45, 2.75) is 117 Å². The second kappa shape index (κ2) is 32.5. The number of carbonyl (C=O) groups excluding carboxylic acids is 6. The molecule has 2 saturated carbocycles. The van der Waals surface area contributed by atoms with Crippen LogP contribution in [0.25, 0.3) is 10.2 Å². The van der Waals surface area contributed by atoms with Crippen LogP contribution in [-0.2, 0) is 38.2 Å². The predicted octanol–water partition coefficient (Wildman–Crippen LogP) is 12.8. The molecule has 0 unspecified atom stereocenters. The molecule has 4 aromatic carbocycles. The number of rotatable bonds is 31. The molecule has 17 nitrogen and oxygen atoms in total. The average Bonchev–Trinajstić information content (AvgIpc) is 4.06. The molecule has 0 radical (unpaired) electrons. The molecule has 436 valence electrons. The van der Waals surface area contributed by atoms with Crippen LogP contribution in [0.3, 0.4) is 0 Å². The molecule has 2 aliphatic carbocycles. The number of hydrogen-bond donors (Lipinski definition) is 0. The zero-order valence-electron chi connectivity index (χ0n) is 47.0. The minimum Gasteiger partial charge on any atom is -0.494 e. The summed E-state index contributed by atoms with van der Waals surface area (Å²) < 4.78 is 46.3. The van der Waals surface area contributed by atoms with E-state index >= 15 is 0 Å². The summed E-state index contributed by atoms with van der Waals surface area (Å²) in [7, 11) is 0. The first kappa shape index (κ1) is 61.8. The van der Waals surface area contributed by atoms with E-state index in [9.17, 15) is 28.8 Å². The molecule has 0 N–H and O–H groups in total. The first-order chi connectivity index (χ1) is 39.8. The number of thiazole rings is 1. The normalized spacial score (nSPS) is 16.9. The van der Waals surface area contributed by atoms with Gasteiger partial charge >= 0.3 is 35.8 Å². The fourth-order valence-corrected chi connectivity index (χ4v) is 10.4. The van der Waals surface area contributed by atoms with Crippen molar-refractivity contribution in [2.24, 2.45) is 34.7 Å². The highest BCUT2D eigenvalue weighted by molar-refractivity contribution is 7.22. The van der Waals surface area contributed by atoms with Gasteiger partial charge in [0, 0.05) is 24.3 Å². The van der Waals surface area contributed by atoms with Crippen LogP contribution < -0.4 is 33.4 Å². The number of nitrogens with zero attached hydrogens (tertiary/aromatic N) is 3. The molecule has 82 heavy (non-hydrogen) atoms. The van der Waals surface area contributed by atoms with E-state index in [0.717, 1.165) is 73.7 Å². The number of esters is 6. The predicted molar refractivity (Wildman–Crippen MR) is 312 cm³/mol. The molecule has 2 aliphatic rings. The molecule has 2 fully saturated rings. The van der Waals surface area contributed by atoms with E-state index in [1.807, 2.05) is 29.3 Å². The topological polar surface area (TPSA) is 205 Å². The monoisotopic (exact) mass is 1140 g/mol. The summed E-state index contributed by atoms with van der Waals surface area (Å²) in [6.07, 6.45) is 14.4. The molecule has 1 heterocycles. The Balaban J connectivity index is 0.898. The summed E-state index contributed by atoms with van der Waals surface area (Å²) in [5.74, 6) is -1.24. The molecule has 5 aromatic rings. The Morgan fingerprint density at radius 3 is 1.41 bits per heavy atom. The Hall–Kier alpha value is -7.86. The Labute approximate surface area is 483 Å². The van der Waals surface area contributed by atoms with Crippen LogP contribution in [0.4, 0.5) is 5.13 Å². The summed E-state index contributed by atoms with van der Waals surface area (Å²) in [5, 5.41) is 7.38. The Kier molecular flexibility index (Phi) is 24.5. The molecular formula is C64H75N3O14S. The van der Waals surface area contributed by atoms with Gasteiger partial charge in [0.2, 0.25) is 5.13 Å². The van der Waals surface area contributed by atoms with Crippen molar-refractivity contribution < 1.29 is 66.7 Å². The van der Waals surface area contributed by atoms with Crippen LogP contribution in [0.15, 0.2) is 121 Å². The second-order valence-electron chi connectivity index (χ2n) is 20.9. The van der Waals surface area contributed by atoms with Crippen molar-refractivity contribution in [1.82, 2.24) is 4.98 Å². The van der Waals surface area contributed by atoms with Gasteiger partial charge in [0.05, 0.1) is 66.5 Å². The smallest absolute Gasteiger partial charge is 0.330 e. The van der Waals surface area contributed by atoms with Gasteiger partial charge in [-0.2, -0.15) is 5.10 Å². The maximum absolute atomic E-state index is 13.9. The lowest BCUT2D eigenvalue weighted by Gasteiger charge is -2.26. The number of fused-ring (bicyclic) bond motifs is 1. The standard InChI is InChI=1S/C64H75N3O14S/c1-5-58(68)76-39-15-9-7-13-37-74-50-27-31-52(32-28-50)78-60(70)45-19-21-47(22-20-45)62(72)80-54-35-36-56(49(41-54)42-65-67(43-44(3)4)64-66-55-17-11-12-18-57(55)82-64)81-63(73)48-25-23-46(24-26-48)61(71)79-53-33-29-51(30-34-53)75-38-14-8-10-16-40-77-59(69)6-2/h5-6,11-12,17-18,27-36,41-42,44-48H,1-2,7-10,13-16,19-26,37-40,43H2,3-4H3. The number of benzene rings is 4. The van der Waals surface area contributed by atoms with E-state index in [2.05, 4.69) is 27.0 Å². The van der Waals surface area contributed by atoms with Crippen molar-refractivity contribution in [3.05, 3.63) is 122 Å². The molecule has 0 spiro atoms. The van der Waals surface area contributed by atoms with Crippen molar-refractivity contribution in [1.29, 1.82) is 0 Å². The van der Waals surface area contributed by atoms with Gasteiger partial charge in [-0.25, -0.2) is 19.6 Å². The number of unbranched alkanes of at least 4 members (excludes halogenated alkanes) is 6. The number of hydrogen-bond acceptors (Lipinski definition) is 18. The number of aromatic nitrogens is 1. The summed E-state index contributed by atoms with van der Waals surface area (Å²) >= 11 is 1.51. The molecule has 0 atom stereocenters. The molecule has 0 amide bonds. The number of hydrazone groups is 1. The Morgan fingerprint density at radius 1 is 0.549 bits per heavy atom. The van der Waals surface area contributed by atoms with E-state index in [-0.39, 0.29) is 41.2 Å². The minimum absolute atomic E-state index is 0.217. The molecular weight excluding hydrogens is 1070 g/mol. The first-order valence-electron chi connectivity index (χ1n) is 28.6. The lowest BCUT2D eigenvalue weighted by molar-refractivity contribution is -0.145. The van der Waals surface area contributed by atoms with Gasteiger partial charge in [-0.05, 0) is 188 Å². The molecule has 18 heteroatoms. The zero-order valence-corrected chi connectivity index (χ0v) is 47.8. The maximum atomic E-state index is 13.9. The molecule has 0 saturated heterocycles. The van der Waals surface area contributed by atoms with Crippen molar-refractivity contribution in [2.75, 3.05) is 38.0 Å². The minimum atomic E-state index is -0.466. The lowest BCUT2D eigenvalue weighted by atomic mass is 9.82. The molecule has 0 aliphatic heterocycles. The van der Waals surface area contributed by atoms with E-state index in [0.29, 0.717) is 118 Å². The third-order valence-electron chi connectivity index (χ3n) is 14.1. The van der Waals surface area contributed by atoms with Crippen LogP contribution in [0.1, 0.15) is 122 Å². The van der Waals surface area contributed by atoms with E-state index in [4.69, 9.17) is 48.0 Å². The maximum Gasteiger partial charge on any atom is 0.330 e. The average molecular weight is 1140 g/mol. The first-order valence-corrected chi connectivity index (χ1v) is 29.4. The zero-order chi connectivity index (χ0) is 58.1. The fraction of sp³-hybridized carbons (Fsp3) is 0.438. The Bertz CT molecular complexity index is 2910. The summed E-state index contributed by atoms with van der Waals surface area (Å²) in [6, 6.07) is 26.5. The van der Waals surface area contributed by atoms with E-state index in [1.165, 1.54) is 11.3 Å². The van der Waals surface area contributed by atoms with Gasteiger partial charge in [-0.15, -0.1) is 0 Å². The summed E-state index contributed by atoms with van der Waals surface area (Å²) in [6.45, 7) is 13.3. The van der Waals surface area contributed by atoms with Gasteiger partial charge in [-0.1, -0.05) is 50.5 Å². The number of anilines is 1.